The molecule has 0 aromatic rings. The van der Waals surface area contributed by atoms with Crippen LogP contribution in [0.5, 0.6) is 0 Å². The molecule has 12 heteroatoms. The van der Waals surface area contributed by atoms with Crippen LogP contribution in [0.1, 0.15) is 12.8 Å². The second-order valence-electron chi connectivity index (χ2n) is 4.40. The molecule has 0 heterocycles. The molecule has 2 aliphatic rings. The minimum Gasteiger partial charge on any atom is -0.361 e. The van der Waals surface area contributed by atoms with Crippen molar-refractivity contribution in [1.82, 2.24) is 0 Å². The van der Waals surface area contributed by atoms with E-state index >= 15 is 0 Å². The molecule has 0 atom stereocenters. The van der Waals surface area contributed by atoms with Gasteiger partial charge in [0.25, 0.3) is 25.9 Å². The van der Waals surface area contributed by atoms with Gasteiger partial charge in [0.05, 0.1) is 23.3 Å². The van der Waals surface area contributed by atoms with Crippen molar-refractivity contribution in [3.63, 3.8) is 0 Å². The van der Waals surface area contributed by atoms with Crippen molar-refractivity contribution < 1.29 is 35.5 Å². The van der Waals surface area contributed by atoms with Gasteiger partial charge in [0.1, 0.15) is 4.91 Å². The van der Waals surface area contributed by atoms with Crippen molar-refractivity contribution in [2.75, 3.05) is 0 Å². The average Bonchev–Trinajstić information content (AvgIpc) is 2.42. The van der Waals surface area contributed by atoms with E-state index in [2.05, 4.69) is 9.58 Å². The van der Waals surface area contributed by atoms with Crippen molar-refractivity contribution in [1.29, 1.82) is 0 Å². The second-order valence-corrected chi connectivity index (χ2v) is 7.18. The first kappa shape index (κ1) is 16.2. The van der Waals surface area contributed by atoms with Crippen LogP contribution in [0.4, 0.5) is 0 Å². The maximum Gasteiger partial charge on any atom is 0.304 e. The molecule has 0 bridgehead atoms. The smallest absolute Gasteiger partial charge is 0.304 e. The summed E-state index contributed by atoms with van der Waals surface area (Å²) < 4.78 is 64.2. The lowest BCUT2D eigenvalue weighted by Gasteiger charge is -2.19. The predicted octanol–water partition coefficient (Wildman–Crippen LogP) is -0.0246. The lowest BCUT2D eigenvalue weighted by molar-refractivity contribution is -0.00703. The maximum atomic E-state index is 11.5. The van der Waals surface area contributed by atoms with Crippen LogP contribution in [0.2, 0.25) is 0 Å². The molecule has 2 N–H and O–H groups in total. The molecule has 0 radical (unpaired) electrons. The zero-order valence-electron chi connectivity index (χ0n) is 10.7. The number of rotatable bonds is 2. The Bertz CT molecular complexity index is 970. The van der Waals surface area contributed by atoms with Gasteiger partial charge in [-0.05, 0) is 0 Å². The molecule has 2 aliphatic carbocycles. The quantitative estimate of drug-likeness (QED) is 0.403. The highest BCUT2D eigenvalue weighted by molar-refractivity contribution is 7.90. The van der Waals surface area contributed by atoms with Gasteiger partial charge in [-0.3, -0.25) is 9.11 Å². The Labute approximate surface area is 124 Å². The van der Waals surface area contributed by atoms with Crippen LogP contribution in [-0.2, 0) is 20.2 Å². The minimum atomic E-state index is -4.84. The minimum absolute atomic E-state index is 0.219. The zero-order chi connectivity index (χ0) is 16.7. The summed E-state index contributed by atoms with van der Waals surface area (Å²) in [4.78, 5) is 4.28. The average molecular weight is 344 g/mol. The van der Waals surface area contributed by atoms with Gasteiger partial charge in [-0.25, -0.2) is 0 Å². The van der Waals surface area contributed by atoms with Crippen LogP contribution >= 0.6 is 0 Å². The largest absolute Gasteiger partial charge is 0.361 e. The van der Waals surface area contributed by atoms with Gasteiger partial charge in [-0.1, -0.05) is 6.08 Å². The summed E-state index contributed by atoms with van der Waals surface area (Å²) in [5.74, 6) is 0. The molecule has 0 amide bonds. The summed E-state index contributed by atoms with van der Waals surface area (Å²) in [6.45, 7) is 0. The maximum absolute atomic E-state index is 11.5. The van der Waals surface area contributed by atoms with E-state index in [1.54, 1.807) is 0 Å². The molecule has 0 aromatic heterocycles. The summed E-state index contributed by atoms with van der Waals surface area (Å²) in [5, 5.41) is 0. The highest BCUT2D eigenvalue weighted by atomic mass is 32.2. The molecule has 2 rings (SSSR count). The van der Waals surface area contributed by atoms with E-state index in [0.29, 0.717) is 0 Å². The Morgan fingerprint density at radius 2 is 1.59 bits per heavy atom. The van der Waals surface area contributed by atoms with E-state index in [1.165, 1.54) is 0 Å². The molecule has 0 saturated carbocycles. The molecule has 0 fully saturated rings. The number of hydrogen-bond donors (Lipinski definition) is 2. The van der Waals surface area contributed by atoms with Crippen molar-refractivity contribution in [3.8, 4) is 0 Å². The molecule has 0 aromatic carbocycles. The van der Waals surface area contributed by atoms with Crippen molar-refractivity contribution in [2.24, 2.45) is 0 Å². The van der Waals surface area contributed by atoms with Crippen LogP contribution in [-0.4, -0.2) is 46.9 Å². The number of hydrogen-bond acceptors (Lipinski definition) is 4. The Kier molecular flexibility index (Phi) is 3.83. The summed E-state index contributed by atoms with van der Waals surface area (Å²) in [5.41, 5.74) is 16.7. The molecular formula is C10H8N4O6S2. The fourth-order valence-corrected chi connectivity index (χ4v) is 3.82. The Morgan fingerprint density at radius 1 is 1.00 bits per heavy atom. The van der Waals surface area contributed by atoms with Crippen LogP contribution in [0.3, 0.4) is 0 Å². The van der Waals surface area contributed by atoms with Gasteiger partial charge in [0, 0.05) is 11.6 Å². The Morgan fingerprint density at radius 3 is 2.05 bits per heavy atom. The predicted molar refractivity (Wildman–Crippen MR) is 72.8 cm³/mol. The van der Waals surface area contributed by atoms with E-state index in [4.69, 9.17) is 11.1 Å². The topological polar surface area (TPSA) is 182 Å². The first-order valence-electron chi connectivity index (χ1n) is 5.62. The van der Waals surface area contributed by atoms with Crippen molar-refractivity contribution in [2.45, 2.75) is 12.8 Å². The van der Waals surface area contributed by atoms with E-state index in [0.717, 1.165) is 12.2 Å². The fraction of sp³-hybridized carbons (Fsp3) is 0.200. The third-order valence-corrected chi connectivity index (χ3v) is 4.92. The number of allylic oxidation sites excluding steroid dienone is 4. The second kappa shape index (κ2) is 5.21. The highest BCUT2D eigenvalue weighted by Gasteiger charge is 2.42. The zero-order valence-corrected chi connectivity index (χ0v) is 12.3. The lowest BCUT2D eigenvalue weighted by Crippen LogP contribution is -2.26. The summed E-state index contributed by atoms with van der Waals surface area (Å²) >= 11 is 0. The third kappa shape index (κ3) is 2.74. The third-order valence-electron chi connectivity index (χ3n) is 3.08. The van der Waals surface area contributed by atoms with Crippen molar-refractivity contribution in [3.05, 3.63) is 44.2 Å². The Hall–Kier alpha value is -2.20. The molecule has 10 nitrogen and oxygen atoms in total. The summed E-state index contributed by atoms with van der Waals surface area (Å²) in [6, 6.07) is 0. The molecule has 22 heavy (non-hydrogen) atoms. The van der Waals surface area contributed by atoms with Crippen molar-refractivity contribution >= 4 is 31.7 Å². The van der Waals surface area contributed by atoms with E-state index in [9.17, 15) is 25.9 Å². The van der Waals surface area contributed by atoms with Crippen LogP contribution in [0, 0.1) is 0 Å². The fourth-order valence-electron chi connectivity index (χ4n) is 2.25. The molecule has 116 valence electrons. The van der Waals surface area contributed by atoms with Gasteiger partial charge < -0.3 is 11.1 Å². The van der Waals surface area contributed by atoms with E-state index in [1.807, 2.05) is 0 Å². The van der Waals surface area contributed by atoms with Gasteiger partial charge in [0.2, 0.25) is 0 Å². The van der Waals surface area contributed by atoms with E-state index < -0.39 is 30.0 Å². The van der Waals surface area contributed by atoms with E-state index in [-0.39, 0.29) is 35.4 Å². The first-order valence-corrected chi connectivity index (χ1v) is 8.50. The molecule has 0 spiro atoms. The SMILES string of the molecule is [N-]=[N+]=C1C=C(S(=O)(=O)O)C2=C(C1)C(S(=O)(=O)O)=CCC2=[N+]=[N-]. The first-order chi connectivity index (χ1) is 10.1. The summed E-state index contributed by atoms with van der Waals surface area (Å²) in [6.07, 6.45) is 1.19. The molecular weight excluding hydrogens is 336 g/mol. The highest BCUT2D eigenvalue weighted by Crippen LogP contribution is 2.37. The molecule has 0 unspecified atom stereocenters. The summed E-state index contributed by atoms with van der Waals surface area (Å²) in [7, 11) is -9.54. The van der Waals surface area contributed by atoms with Gasteiger partial charge >= 0.3 is 5.71 Å². The lowest BCUT2D eigenvalue weighted by atomic mass is 9.87. The van der Waals surface area contributed by atoms with Gasteiger partial charge in [-0.2, -0.15) is 26.4 Å². The Balaban J connectivity index is 2.92. The van der Waals surface area contributed by atoms with Gasteiger partial charge in [0.15, 0.2) is 0 Å². The molecule has 0 aliphatic heterocycles. The monoisotopic (exact) mass is 344 g/mol. The van der Waals surface area contributed by atoms with Crippen LogP contribution < -0.4 is 0 Å². The standard InChI is InChI=1S/C10H8N4O6S2/c11-13-5-3-6-8(21(15,16)17)2-1-7(14-12)10(6)9(4-5)22(18,19)20/h2,4H,1,3H2,(H,15,16,17)(H,18,19,20). The normalized spacial score (nSPS) is 19.0. The van der Waals surface area contributed by atoms with Crippen LogP contribution in [0.15, 0.2) is 33.1 Å². The number of nitrogens with zero attached hydrogens (tertiary/aromatic N) is 4. The van der Waals surface area contributed by atoms with Crippen LogP contribution in [0.25, 0.3) is 11.1 Å². The van der Waals surface area contributed by atoms with Gasteiger partial charge in [-0.15, -0.1) is 0 Å². The molecule has 0 saturated heterocycles.